The number of carbonyl (C=O) groups is 1. The highest BCUT2D eigenvalue weighted by atomic mass is 16.2. The van der Waals surface area contributed by atoms with Gasteiger partial charge in [0.2, 0.25) is 11.6 Å². The third kappa shape index (κ3) is 4.48. The highest BCUT2D eigenvalue weighted by Gasteiger charge is 2.45. The van der Waals surface area contributed by atoms with Crippen molar-refractivity contribution in [3.63, 3.8) is 0 Å². The van der Waals surface area contributed by atoms with Gasteiger partial charge in [0.05, 0.1) is 5.41 Å². The van der Waals surface area contributed by atoms with E-state index in [1.807, 2.05) is 36.5 Å². The van der Waals surface area contributed by atoms with Crippen LogP contribution >= 0.6 is 0 Å². The monoisotopic (exact) mass is 451 g/mol. The molecule has 174 valence electrons. The molecule has 34 heavy (non-hydrogen) atoms. The first-order valence-corrected chi connectivity index (χ1v) is 12.2. The van der Waals surface area contributed by atoms with E-state index in [4.69, 9.17) is 0 Å². The maximum absolute atomic E-state index is 12.3. The lowest BCUT2D eigenvalue weighted by Crippen LogP contribution is -2.28. The van der Waals surface area contributed by atoms with E-state index in [-0.39, 0.29) is 11.3 Å². The number of rotatable bonds is 7. The van der Waals surface area contributed by atoms with Gasteiger partial charge >= 0.3 is 0 Å². The van der Waals surface area contributed by atoms with Gasteiger partial charge in [-0.05, 0) is 55.3 Å². The van der Waals surface area contributed by atoms with Crippen LogP contribution in [-0.4, -0.2) is 22.7 Å². The summed E-state index contributed by atoms with van der Waals surface area (Å²) < 4.78 is 2.50. The Morgan fingerprint density at radius 3 is 2.38 bits per heavy atom. The molecule has 0 unspecified atom stereocenters. The molecule has 3 aromatic rings. The summed E-state index contributed by atoms with van der Waals surface area (Å²) in [5.41, 5.74) is 5.79. The van der Waals surface area contributed by atoms with Crippen molar-refractivity contribution >= 4 is 33.8 Å². The van der Waals surface area contributed by atoms with Crippen molar-refractivity contribution in [1.82, 2.24) is 0 Å². The van der Waals surface area contributed by atoms with Crippen molar-refractivity contribution < 1.29 is 9.37 Å². The van der Waals surface area contributed by atoms with E-state index >= 15 is 0 Å². The smallest absolute Gasteiger partial charge is 0.227 e. The molecular weight excluding hydrogens is 416 g/mol. The lowest BCUT2D eigenvalue weighted by atomic mass is 9.79. The second-order valence-electron chi connectivity index (χ2n) is 9.63. The van der Waals surface area contributed by atoms with Crippen LogP contribution in [0.15, 0.2) is 90.7 Å². The third-order valence-electron chi connectivity index (χ3n) is 6.70. The summed E-state index contributed by atoms with van der Waals surface area (Å²) in [5.74, 6) is -0.00348. The Kier molecular flexibility index (Phi) is 6.83. The van der Waals surface area contributed by atoms with Gasteiger partial charge in [0.1, 0.15) is 6.54 Å². The van der Waals surface area contributed by atoms with E-state index < -0.39 is 0 Å². The number of hydrogen-bond acceptors (Lipinski definition) is 1. The minimum absolute atomic E-state index is 0.00348. The van der Waals surface area contributed by atoms with Crippen LogP contribution in [0.25, 0.3) is 10.8 Å². The van der Waals surface area contributed by atoms with E-state index in [9.17, 15) is 4.79 Å². The minimum Gasteiger partial charge on any atom is -0.288 e. The van der Waals surface area contributed by atoms with E-state index in [0.717, 1.165) is 30.6 Å². The molecule has 0 aliphatic carbocycles. The van der Waals surface area contributed by atoms with Crippen molar-refractivity contribution in [3.05, 3.63) is 96.2 Å². The molecule has 0 saturated carbocycles. The van der Waals surface area contributed by atoms with Crippen LogP contribution in [0.3, 0.4) is 0 Å². The molecule has 0 aromatic heterocycles. The second kappa shape index (κ2) is 9.80. The van der Waals surface area contributed by atoms with Crippen LogP contribution < -0.4 is 4.90 Å². The maximum atomic E-state index is 12.3. The Morgan fingerprint density at radius 2 is 1.68 bits per heavy atom. The highest BCUT2D eigenvalue weighted by Crippen LogP contribution is 2.44. The number of carbonyl (C=O) groups excluding carboxylic acids is 1. The van der Waals surface area contributed by atoms with Crippen molar-refractivity contribution in [1.29, 1.82) is 0 Å². The predicted molar refractivity (Wildman–Crippen MR) is 144 cm³/mol. The summed E-state index contributed by atoms with van der Waals surface area (Å²) in [7, 11) is 0. The van der Waals surface area contributed by atoms with Crippen LogP contribution in [0.2, 0.25) is 0 Å². The number of amides is 1. The van der Waals surface area contributed by atoms with Gasteiger partial charge in [-0.3, -0.25) is 9.69 Å². The Balaban J connectivity index is 1.76. The Hall–Kier alpha value is -3.46. The molecule has 1 heterocycles. The number of para-hydroxylation sites is 1. The zero-order valence-corrected chi connectivity index (χ0v) is 21.0. The number of hydrogen-bond donors (Lipinski definition) is 0. The van der Waals surface area contributed by atoms with Gasteiger partial charge in [-0.1, -0.05) is 61.9 Å². The first kappa shape index (κ1) is 23.7. The van der Waals surface area contributed by atoms with Crippen molar-refractivity contribution in [2.75, 3.05) is 11.4 Å². The molecule has 0 spiro atoms. The number of fused-ring (bicyclic) bond motifs is 3. The van der Waals surface area contributed by atoms with Gasteiger partial charge in [-0.2, -0.15) is 4.58 Å². The molecule has 3 nitrogen and oxygen atoms in total. The highest BCUT2D eigenvalue weighted by molar-refractivity contribution is 6.07. The summed E-state index contributed by atoms with van der Waals surface area (Å²) >= 11 is 0. The molecular formula is C31H35N2O+. The molecule has 1 aliphatic heterocycles. The predicted octanol–water partition coefficient (Wildman–Crippen LogP) is 7.53. The Bertz CT molecular complexity index is 1300. The number of nitrogens with zero attached hydrogens (tertiary/aromatic N) is 2. The minimum atomic E-state index is -0.125. The largest absolute Gasteiger partial charge is 0.288 e. The van der Waals surface area contributed by atoms with Gasteiger partial charge in [0, 0.05) is 42.9 Å². The molecule has 3 aromatic carbocycles. The molecule has 3 heteroatoms. The molecule has 0 N–H and O–H groups in total. The summed E-state index contributed by atoms with van der Waals surface area (Å²) in [6.07, 6.45) is 8.61. The van der Waals surface area contributed by atoms with Crippen LogP contribution in [-0.2, 0) is 10.2 Å². The SMILES string of the molecule is CCCC[N+]1=C(/C=C/C(C)=C/N(C(C)=O)c2ccccc2)C(C)(C)c2c1ccc1ccccc21. The maximum Gasteiger partial charge on any atom is 0.227 e. The molecule has 1 amide bonds. The van der Waals surface area contributed by atoms with Gasteiger partial charge in [0.15, 0.2) is 5.71 Å². The summed E-state index contributed by atoms with van der Waals surface area (Å²) in [5, 5.41) is 2.61. The van der Waals surface area contributed by atoms with Crippen LogP contribution in [0.4, 0.5) is 11.4 Å². The number of anilines is 1. The van der Waals surface area contributed by atoms with Crippen molar-refractivity contribution in [2.45, 2.75) is 52.9 Å². The van der Waals surface area contributed by atoms with E-state index in [1.165, 1.54) is 27.7 Å². The Morgan fingerprint density at radius 1 is 0.971 bits per heavy atom. The lowest BCUT2D eigenvalue weighted by molar-refractivity contribution is -0.438. The first-order chi connectivity index (χ1) is 16.3. The molecule has 1 aliphatic rings. The van der Waals surface area contributed by atoms with Crippen LogP contribution in [0, 0.1) is 0 Å². The van der Waals surface area contributed by atoms with Crippen molar-refractivity contribution in [2.24, 2.45) is 0 Å². The van der Waals surface area contributed by atoms with Crippen LogP contribution in [0.5, 0.6) is 0 Å². The second-order valence-corrected chi connectivity index (χ2v) is 9.63. The molecule has 0 bridgehead atoms. The average molecular weight is 452 g/mol. The first-order valence-electron chi connectivity index (χ1n) is 12.2. The standard InChI is InChI=1S/C31H35N2O/c1-6-7-21-32-28-19-18-25-13-11-12-16-27(25)30(28)31(4,5)29(32)20-17-23(2)22-33(24(3)34)26-14-9-8-10-15-26/h8-20,22H,6-7,21H2,1-5H3/q+1. The molecule has 0 atom stereocenters. The molecule has 0 radical (unpaired) electrons. The zero-order chi connectivity index (χ0) is 24.3. The van der Waals surface area contributed by atoms with Gasteiger partial charge < -0.3 is 0 Å². The zero-order valence-electron chi connectivity index (χ0n) is 21.0. The lowest BCUT2D eigenvalue weighted by Gasteiger charge is -2.18. The van der Waals surface area contributed by atoms with E-state index in [0.29, 0.717) is 0 Å². The van der Waals surface area contributed by atoms with E-state index in [1.54, 1.807) is 11.8 Å². The third-order valence-corrected chi connectivity index (χ3v) is 6.70. The van der Waals surface area contributed by atoms with Gasteiger partial charge in [-0.25, -0.2) is 0 Å². The number of benzene rings is 3. The summed E-state index contributed by atoms with van der Waals surface area (Å²) in [6, 6.07) is 23.0. The van der Waals surface area contributed by atoms with E-state index in [2.05, 4.69) is 80.8 Å². The fourth-order valence-electron chi connectivity index (χ4n) is 4.99. The van der Waals surface area contributed by atoms with Crippen LogP contribution in [0.1, 0.15) is 53.0 Å². The number of unbranched alkanes of at least 4 members (excludes halogenated alkanes) is 1. The van der Waals surface area contributed by atoms with Gasteiger partial charge in [0.25, 0.3) is 0 Å². The summed E-state index contributed by atoms with van der Waals surface area (Å²) in [4.78, 5) is 14.0. The topological polar surface area (TPSA) is 23.3 Å². The normalized spacial score (nSPS) is 15.3. The molecule has 0 fully saturated rings. The molecule has 0 saturated heterocycles. The van der Waals surface area contributed by atoms with Gasteiger partial charge in [-0.15, -0.1) is 0 Å². The fourth-order valence-corrected chi connectivity index (χ4v) is 4.99. The fraction of sp³-hybridized carbons (Fsp3) is 0.290. The Labute approximate surface area is 203 Å². The van der Waals surface area contributed by atoms with Crippen molar-refractivity contribution in [3.8, 4) is 0 Å². The average Bonchev–Trinajstić information content (AvgIpc) is 3.06. The number of allylic oxidation sites excluding steroid dienone is 3. The quantitative estimate of drug-likeness (QED) is 0.269. The molecule has 4 rings (SSSR count). The summed E-state index contributed by atoms with van der Waals surface area (Å²) in [6.45, 7) is 11.5.